The number of hydrogen-bond donors (Lipinski definition) is 0. The monoisotopic (exact) mass is 200 g/mol. The highest BCUT2D eigenvalue weighted by atomic mass is 32.1. The third kappa shape index (κ3) is 5.84. The molecule has 0 radical (unpaired) electrons. The van der Waals surface area contributed by atoms with E-state index >= 15 is 0 Å². The summed E-state index contributed by atoms with van der Waals surface area (Å²) in [6, 6.07) is 0. The van der Waals surface area contributed by atoms with Crippen molar-refractivity contribution in [3.8, 4) is 5.40 Å². The van der Waals surface area contributed by atoms with E-state index in [-0.39, 0.29) is 0 Å². The number of hydrogen-bond acceptors (Lipinski definition) is 2. The van der Waals surface area contributed by atoms with Crippen LogP contribution in [0.25, 0.3) is 0 Å². The van der Waals surface area contributed by atoms with Crippen LogP contribution in [0.5, 0.6) is 0 Å². The second kappa shape index (κ2) is 7.11. The summed E-state index contributed by atoms with van der Waals surface area (Å²) in [6.45, 7) is 6.55. The molecule has 1 heterocycles. The first-order valence-electron chi connectivity index (χ1n) is 5.03. The van der Waals surface area contributed by atoms with Gasteiger partial charge in [-0.25, -0.2) is 5.26 Å². The van der Waals surface area contributed by atoms with E-state index in [0.717, 1.165) is 0 Å². The molecule has 1 fully saturated rings. The Kier molecular flexibility index (Phi) is 6.93. The van der Waals surface area contributed by atoms with Crippen molar-refractivity contribution in [2.45, 2.75) is 32.6 Å². The van der Waals surface area contributed by atoms with Crippen molar-refractivity contribution < 1.29 is 4.48 Å². The summed E-state index contributed by atoms with van der Waals surface area (Å²) in [5.41, 5.74) is 0. The summed E-state index contributed by atoms with van der Waals surface area (Å²) in [5.74, 6) is 0. The zero-order valence-corrected chi connectivity index (χ0v) is 9.57. The molecule has 0 N–H and O–H groups in total. The lowest BCUT2D eigenvalue weighted by Crippen LogP contribution is -2.41. The summed E-state index contributed by atoms with van der Waals surface area (Å²) in [4.78, 5) is 0. The second-order valence-corrected chi connectivity index (χ2v) is 4.12. The standard InChI is InChI=1S/C9H20N.CHNS/c1-3-4-7-10(2)8-5-6-9-10;2-1-3/h3-9H2,1-2H3;3H/q+1;/p-1. The van der Waals surface area contributed by atoms with Crippen LogP contribution < -0.4 is 0 Å². The van der Waals surface area contributed by atoms with Crippen molar-refractivity contribution in [1.82, 2.24) is 0 Å². The molecule has 0 bridgehead atoms. The summed E-state index contributed by atoms with van der Waals surface area (Å²) < 4.78 is 1.36. The average Bonchev–Trinajstić information content (AvgIpc) is 2.51. The molecule has 0 aromatic heterocycles. The minimum absolute atomic E-state index is 1.33. The Labute approximate surface area is 87.5 Å². The lowest BCUT2D eigenvalue weighted by Gasteiger charge is -2.28. The van der Waals surface area contributed by atoms with E-state index in [9.17, 15) is 0 Å². The molecule has 0 atom stereocenters. The van der Waals surface area contributed by atoms with Gasteiger partial charge < -0.3 is 17.1 Å². The zero-order chi connectivity index (χ0) is 10.2. The molecule has 0 aromatic carbocycles. The van der Waals surface area contributed by atoms with Crippen LogP contribution in [0.15, 0.2) is 0 Å². The van der Waals surface area contributed by atoms with Crippen molar-refractivity contribution in [3.05, 3.63) is 0 Å². The average molecular weight is 200 g/mol. The minimum Gasteiger partial charge on any atom is -0.696 e. The predicted octanol–water partition coefficient (Wildman–Crippen LogP) is 2.04. The van der Waals surface area contributed by atoms with E-state index in [4.69, 9.17) is 5.26 Å². The first kappa shape index (κ1) is 12.7. The Morgan fingerprint density at radius 1 is 1.38 bits per heavy atom. The van der Waals surface area contributed by atoms with Crippen LogP contribution in [-0.4, -0.2) is 31.2 Å². The van der Waals surface area contributed by atoms with Gasteiger partial charge in [-0.1, -0.05) is 18.7 Å². The van der Waals surface area contributed by atoms with Gasteiger partial charge >= 0.3 is 0 Å². The Morgan fingerprint density at radius 3 is 2.23 bits per heavy atom. The van der Waals surface area contributed by atoms with E-state index in [1.165, 1.54) is 55.2 Å². The van der Waals surface area contributed by atoms with Crippen LogP contribution in [0.1, 0.15) is 32.6 Å². The molecule has 3 heteroatoms. The maximum atomic E-state index is 7.13. The number of rotatable bonds is 3. The van der Waals surface area contributed by atoms with Crippen LogP contribution in [-0.2, 0) is 12.6 Å². The predicted molar refractivity (Wildman–Crippen MR) is 57.9 cm³/mol. The Balaban J connectivity index is 0.000000424. The normalized spacial score (nSPS) is 18.5. The van der Waals surface area contributed by atoms with Crippen molar-refractivity contribution in [3.63, 3.8) is 0 Å². The number of thiocyanates is 1. The number of nitrogens with zero attached hydrogens (tertiary/aromatic N) is 2. The van der Waals surface area contributed by atoms with Crippen molar-refractivity contribution >= 4 is 12.6 Å². The van der Waals surface area contributed by atoms with Gasteiger partial charge in [-0.05, 0) is 6.42 Å². The van der Waals surface area contributed by atoms with Gasteiger partial charge in [0.15, 0.2) is 0 Å². The van der Waals surface area contributed by atoms with Gasteiger partial charge in [0.1, 0.15) is 0 Å². The van der Waals surface area contributed by atoms with Crippen molar-refractivity contribution in [2.75, 3.05) is 26.7 Å². The highest BCUT2D eigenvalue weighted by Gasteiger charge is 2.25. The molecule has 76 valence electrons. The Bertz CT molecular complexity index is 157. The molecular weight excluding hydrogens is 180 g/mol. The maximum Gasteiger partial charge on any atom is 0.0786 e. The van der Waals surface area contributed by atoms with Gasteiger partial charge in [-0.15, -0.1) is 0 Å². The molecule has 0 amide bonds. The van der Waals surface area contributed by atoms with Gasteiger partial charge in [0, 0.05) is 12.8 Å². The van der Waals surface area contributed by atoms with Gasteiger partial charge in [0.2, 0.25) is 0 Å². The fourth-order valence-electron chi connectivity index (χ4n) is 1.86. The van der Waals surface area contributed by atoms with Crippen LogP contribution in [0.4, 0.5) is 0 Å². The minimum atomic E-state index is 1.33. The third-order valence-corrected chi connectivity index (χ3v) is 2.70. The molecular formula is C10H20N2S. The molecule has 0 spiro atoms. The summed E-state index contributed by atoms with van der Waals surface area (Å²) in [7, 11) is 2.41. The molecule has 1 aliphatic rings. The largest absolute Gasteiger partial charge is 0.696 e. The lowest BCUT2D eigenvalue weighted by molar-refractivity contribution is -0.897. The van der Waals surface area contributed by atoms with E-state index in [2.05, 4.69) is 26.6 Å². The van der Waals surface area contributed by atoms with Gasteiger partial charge in [-0.2, -0.15) is 0 Å². The molecule has 1 rings (SSSR count). The smallest absolute Gasteiger partial charge is 0.0786 e. The van der Waals surface area contributed by atoms with Crippen LogP contribution in [0.2, 0.25) is 0 Å². The van der Waals surface area contributed by atoms with Crippen LogP contribution in [0, 0.1) is 10.7 Å². The van der Waals surface area contributed by atoms with E-state index in [1.807, 2.05) is 0 Å². The topological polar surface area (TPSA) is 23.8 Å². The first-order chi connectivity index (χ1) is 6.18. The summed E-state index contributed by atoms with van der Waals surface area (Å²) in [6.07, 6.45) is 5.69. The molecule has 0 saturated carbocycles. The van der Waals surface area contributed by atoms with Crippen LogP contribution in [0.3, 0.4) is 0 Å². The first-order valence-corrected chi connectivity index (χ1v) is 5.44. The van der Waals surface area contributed by atoms with Crippen molar-refractivity contribution in [1.29, 1.82) is 5.26 Å². The van der Waals surface area contributed by atoms with Crippen molar-refractivity contribution in [2.24, 2.45) is 0 Å². The maximum absolute atomic E-state index is 7.13. The summed E-state index contributed by atoms with van der Waals surface area (Å²) >= 11 is 3.70. The van der Waals surface area contributed by atoms with E-state index < -0.39 is 0 Å². The SMILES string of the molecule is CCCC[N+]1(C)CCCC1.N#C[S-]. The number of nitriles is 1. The molecule has 1 saturated heterocycles. The lowest BCUT2D eigenvalue weighted by atomic mass is 10.3. The molecule has 0 aliphatic carbocycles. The van der Waals surface area contributed by atoms with Crippen LogP contribution >= 0.6 is 0 Å². The van der Waals surface area contributed by atoms with E-state index in [1.54, 1.807) is 0 Å². The third-order valence-electron chi connectivity index (χ3n) is 2.70. The number of quaternary nitrogens is 1. The molecule has 2 nitrogen and oxygen atoms in total. The quantitative estimate of drug-likeness (QED) is 0.395. The molecule has 0 aromatic rings. The molecule has 1 aliphatic heterocycles. The summed E-state index contributed by atoms with van der Waals surface area (Å²) in [5, 5.41) is 8.47. The fraction of sp³-hybridized carbons (Fsp3) is 0.900. The molecule has 13 heavy (non-hydrogen) atoms. The van der Waals surface area contributed by atoms with E-state index in [0.29, 0.717) is 0 Å². The number of unbranched alkanes of at least 4 members (excludes halogenated alkanes) is 1. The Morgan fingerprint density at radius 2 is 1.85 bits per heavy atom. The highest BCUT2D eigenvalue weighted by molar-refractivity contribution is 7.64. The zero-order valence-electron chi connectivity index (χ0n) is 8.75. The highest BCUT2D eigenvalue weighted by Crippen LogP contribution is 2.16. The Hall–Kier alpha value is -0.330. The molecule has 0 unspecified atom stereocenters. The van der Waals surface area contributed by atoms with Gasteiger partial charge in [0.25, 0.3) is 0 Å². The fourth-order valence-corrected chi connectivity index (χ4v) is 1.86. The number of likely N-dealkylation sites (tertiary alicyclic amines) is 1. The van der Waals surface area contributed by atoms with Gasteiger partial charge in [-0.3, -0.25) is 0 Å². The second-order valence-electron chi connectivity index (χ2n) is 3.94. The van der Waals surface area contributed by atoms with Gasteiger partial charge in [0.05, 0.1) is 26.7 Å².